The predicted octanol–water partition coefficient (Wildman–Crippen LogP) is 2.97. The van der Waals surface area contributed by atoms with Crippen LogP contribution in [0.4, 0.5) is 4.39 Å². The van der Waals surface area contributed by atoms with Gasteiger partial charge in [0.2, 0.25) is 0 Å². The number of benzene rings is 1. The summed E-state index contributed by atoms with van der Waals surface area (Å²) in [7, 11) is 0. The largest absolute Gasteiger partial charge is 0.251 e. The first-order valence-electron chi connectivity index (χ1n) is 5.68. The normalized spacial score (nSPS) is 17.6. The van der Waals surface area contributed by atoms with Crippen molar-refractivity contribution >= 4 is 11.6 Å². The summed E-state index contributed by atoms with van der Waals surface area (Å²) < 4.78 is 13.2. The third kappa shape index (κ3) is 3.17. The van der Waals surface area contributed by atoms with Gasteiger partial charge in [0.05, 0.1) is 5.02 Å². The quantitative estimate of drug-likeness (QED) is 0.877. The van der Waals surface area contributed by atoms with E-state index in [-0.39, 0.29) is 10.8 Å². The van der Waals surface area contributed by atoms with Gasteiger partial charge in [0, 0.05) is 19.6 Å². The molecule has 0 unspecified atom stereocenters. The van der Waals surface area contributed by atoms with E-state index in [0.29, 0.717) is 6.54 Å². The third-order valence-corrected chi connectivity index (χ3v) is 3.15. The molecule has 0 bridgehead atoms. The summed E-state index contributed by atoms with van der Waals surface area (Å²) >= 11 is 5.62. The van der Waals surface area contributed by atoms with E-state index in [9.17, 15) is 4.39 Å². The predicted molar refractivity (Wildman–Crippen MR) is 63.7 cm³/mol. The number of nitrogens with one attached hydrogen (secondary N) is 1. The Kier molecular flexibility index (Phi) is 4.16. The maximum atomic E-state index is 13.2. The van der Waals surface area contributed by atoms with Crippen LogP contribution in [0.1, 0.15) is 24.8 Å². The smallest absolute Gasteiger partial charge is 0.142 e. The summed E-state index contributed by atoms with van der Waals surface area (Å²) in [6.07, 6.45) is 3.79. The Bertz CT molecular complexity index is 351. The lowest BCUT2D eigenvalue weighted by molar-refractivity contribution is 0.151. The van der Waals surface area contributed by atoms with Crippen molar-refractivity contribution in [3.63, 3.8) is 0 Å². The van der Waals surface area contributed by atoms with Gasteiger partial charge >= 0.3 is 0 Å². The SMILES string of the molecule is Fc1cc(CNN2CCCCC2)ccc1Cl. The summed E-state index contributed by atoms with van der Waals surface area (Å²) in [5.74, 6) is -0.348. The van der Waals surface area contributed by atoms with Crippen LogP contribution < -0.4 is 5.43 Å². The molecule has 2 nitrogen and oxygen atoms in total. The molecule has 1 aromatic carbocycles. The van der Waals surface area contributed by atoms with Crippen molar-refractivity contribution in [1.82, 2.24) is 10.4 Å². The molecule has 0 radical (unpaired) electrons. The van der Waals surface area contributed by atoms with Crippen LogP contribution in [0.15, 0.2) is 18.2 Å². The molecule has 4 heteroatoms. The molecule has 1 aliphatic heterocycles. The maximum absolute atomic E-state index is 13.2. The number of hydrogen-bond donors (Lipinski definition) is 1. The van der Waals surface area contributed by atoms with Crippen LogP contribution in [0.5, 0.6) is 0 Å². The highest BCUT2D eigenvalue weighted by Gasteiger charge is 2.09. The molecule has 0 atom stereocenters. The van der Waals surface area contributed by atoms with E-state index in [2.05, 4.69) is 10.4 Å². The zero-order valence-corrected chi connectivity index (χ0v) is 9.93. The minimum Gasteiger partial charge on any atom is -0.251 e. The van der Waals surface area contributed by atoms with E-state index < -0.39 is 0 Å². The second-order valence-electron chi connectivity index (χ2n) is 4.13. The average Bonchev–Trinajstić information content (AvgIpc) is 2.32. The highest BCUT2D eigenvalue weighted by molar-refractivity contribution is 6.30. The van der Waals surface area contributed by atoms with Crippen molar-refractivity contribution in [2.45, 2.75) is 25.8 Å². The number of piperidine rings is 1. The van der Waals surface area contributed by atoms with Gasteiger partial charge in [-0.2, -0.15) is 0 Å². The van der Waals surface area contributed by atoms with Gasteiger partial charge in [-0.05, 0) is 30.5 Å². The molecule has 0 aliphatic carbocycles. The number of halogens is 2. The van der Waals surface area contributed by atoms with Crippen LogP contribution in [-0.4, -0.2) is 18.1 Å². The summed E-state index contributed by atoms with van der Waals surface area (Å²) in [5, 5.41) is 2.39. The first-order valence-corrected chi connectivity index (χ1v) is 6.06. The molecule has 0 aromatic heterocycles. The van der Waals surface area contributed by atoms with E-state index in [1.807, 2.05) is 6.07 Å². The van der Waals surface area contributed by atoms with Gasteiger partial charge in [-0.15, -0.1) is 0 Å². The lowest BCUT2D eigenvalue weighted by Crippen LogP contribution is -2.41. The van der Waals surface area contributed by atoms with E-state index >= 15 is 0 Å². The fourth-order valence-corrected chi connectivity index (χ4v) is 2.02. The van der Waals surface area contributed by atoms with E-state index in [1.165, 1.54) is 25.3 Å². The fraction of sp³-hybridized carbons (Fsp3) is 0.500. The monoisotopic (exact) mass is 242 g/mol. The van der Waals surface area contributed by atoms with Crippen molar-refractivity contribution in [3.05, 3.63) is 34.6 Å². The Hall–Kier alpha value is -0.640. The van der Waals surface area contributed by atoms with Crippen LogP contribution in [0, 0.1) is 5.82 Å². The highest BCUT2D eigenvalue weighted by atomic mass is 35.5. The van der Waals surface area contributed by atoms with Crippen LogP contribution in [0.2, 0.25) is 5.02 Å². The molecule has 1 fully saturated rings. The number of nitrogens with zero attached hydrogens (tertiary/aromatic N) is 1. The molecule has 1 N–H and O–H groups in total. The Morgan fingerprint density at radius 2 is 2.00 bits per heavy atom. The van der Waals surface area contributed by atoms with E-state index in [0.717, 1.165) is 18.7 Å². The molecular formula is C12H16ClFN2. The minimum atomic E-state index is -0.348. The topological polar surface area (TPSA) is 15.3 Å². The Morgan fingerprint density at radius 1 is 1.25 bits per heavy atom. The fourth-order valence-electron chi connectivity index (χ4n) is 1.90. The molecule has 1 heterocycles. The first kappa shape index (κ1) is 11.8. The van der Waals surface area contributed by atoms with Crippen molar-refractivity contribution in [3.8, 4) is 0 Å². The van der Waals surface area contributed by atoms with Crippen molar-refractivity contribution in [2.24, 2.45) is 0 Å². The van der Waals surface area contributed by atoms with E-state index in [1.54, 1.807) is 6.07 Å². The van der Waals surface area contributed by atoms with Crippen LogP contribution in [0.25, 0.3) is 0 Å². The molecule has 88 valence electrons. The van der Waals surface area contributed by atoms with Crippen LogP contribution in [0.3, 0.4) is 0 Å². The molecule has 16 heavy (non-hydrogen) atoms. The minimum absolute atomic E-state index is 0.182. The summed E-state index contributed by atoms with van der Waals surface area (Å²) in [6.45, 7) is 2.82. The average molecular weight is 243 g/mol. The van der Waals surface area contributed by atoms with Crippen molar-refractivity contribution in [1.29, 1.82) is 0 Å². The number of rotatable bonds is 3. The highest BCUT2D eigenvalue weighted by Crippen LogP contribution is 2.15. The molecule has 2 rings (SSSR count). The number of hydrogen-bond acceptors (Lipinski definition) is 2. The van der Waals surface area contributed by atoms with E-state index in [4.69, 9.17) is 11.6 Å². The molecular weight excluding hydrogens is 227 g/mol. The van der Waals surface area contributed by atoms with Gasteiger partial charge in [0.15, 0.2) is 0 Å². The Balaban J connectivity index is 1.86. The van der Waals surface area contributed by atoms with Crippen LogP contribution in [-0.2, 0) is 6.54 Å². The third-order valence-electron chi connectivity index (χ3n) is 2.85. The Labute approximate surface area is 100 Å². The summed E-state index contributed by atoms with van der Waals surface area (Å²) in [4.78, 5) is 0. The second kappa shape index (κ2) is 5.62. The molecule has 0 spiro atoms. The van der Waals surface area contributed by atoms with Gasteiger partial charge < -0.3 is 0 Å². The summed E-state index contributed by atoms with van der Waals surface area (Å²) in [5.41, 5.74) is 4.23. The number of hydrazine groups is 1. The van der Waals surface area contributed by atoms with Gasteiger partial charge in [-0.1, -0.05) is 24.1 Å². The van der Waals surface area contributed by atoms with Crippen molar-refractivity contribution < 1.29 is 4.39 Å². The Morgan fingerprint density at radius 3 is 2.69 bits per heavy atom. The lowest BCUT2D eigenvalue weighted by Gasteiger charge is -2.27. The van der Waals surface area contributed by atoms with Crippen molar-refractivity contribution in [2.75, 3.05) is 13.1 Å². The molecule has 1 aromatic rings. The maximum Gasteiger partial charge on any atom is 0.142 e. The van der Waals surface area contributed by atoms with Gasteiger partial charge in [0.25, 0.3) is 0 Å². The second-order valence-corrected chi connectivity index (χ2v) is 4.54. The zero-order chi connectivity index (χ0) is 11.4. The van der Waals surface area contributed by atoms with Crippen LogP contribution >= 0.6 is 11.6 Å². The van der Waals surface area contributed by atoms with Gasteiger partial charge in [0.1, 0.15) is 5.82 Å². The standard InChI is InChI=1S/C12H16ClFN2/c13-11-5-4-10(8-12(11)14)9-15-16-6-2-1-3-7-16/h4-5,8,15H,1-3,6-7,9H2. The molecule has 0 amide bonds. The first-order chi connectivity index (χ1) is 7.75. The summed E-state index contributed by atoms with van der Waals surface area (Å²) in [6, 6.07) is 4.94. The molecule has 1 saturated heterocycles. The van der Waals surface area contributed by atoms with Gasteiger partial charge in [-0.3, -0.25) is 5.43 Å². The molecule has 0 saturated carbocycles. The molecule has 1 aliphatic rings. The van der Waals surface area contributed by atoms with Gasteiger partial charge in [-0.25, -0.2) is 9.40 Å². The zero-order valence-electron chi connectivity index (χ0n) is 9.18. The lowest BCUT2D eigenvalue weighted by atomic mass is 10.2.